The lowest BCUT2D eigenvalue weighted by atomic mass is 10.0. The second kappa shape index (κ2) is 10.5. The predicted octanol–water partition coefficient (Wildman–Crippen LogP) is 2.31. The number of hydrogen-bond donors (Lipinski definition) is 2. The number of nitrogens with zero attached hydrogens (tertiary/aromatic N) is 5. The van der Waals surface area contributed by atoms with Crippen LogP contribution in [0.3, 0.4) is 0 Å². The van der Waals surface area contributed by atoms with E-state index in [0.29, 0.717) is 50.8 Å². The van der Waals surface area contributed by atoms with Gasteiger partial charge in [-0.05, 0) is 44.5 Å². The van der Waals surface area contributed by atoms with Gasteiger partial charge in [0.2, 0.25) is 5.91 Å². The fraction of sp³-hybridized carbons (Fsp3) is 0.458. The van der Waals surface area contributed by atoms with Gasteiger partial charge in [-0.3, -0.25) is 4.79 Å². The smallest absolute Gasteiger partial charge is 0.319 e. The molecule has 4 rings (SSSR count). The average molecular weight is 464 g/mol. The Kier molecular flexibility index (Phi) is 7.23. The Morgan fingerprint density at radius 3 is 2.74 bits per heavy atom. The van der Waals surface area contributed by atoms with E-state index in [4.69, 9.17) is 20.0 Å². The molecule has 0 spiro atoms. The molecule has 2 aromatic rings. The first-order chi connectivity index (χ1) is 16.5. The van der Waals surface area contributed by atoms with Gasteiger partial charge in [0, 0.05) is 36.4 Å². The number of nitrogens with one attached hydrogen (secondary N) is 2. The summed E-state index contributed by atoms with van der Waals surface area (Å²) >= 11 is 0. The molecule has 3 amide bonds. The van der Waals surface area contributed by atoms with Crippen molar-refractivity contribution in [1.29, 1.82) is 5.26 Å². The van der Waals surface area contributed by atoms with Gasteiger partial charge in [-0.25, -0.2) is 14.8 Å². The van der Waals surface area contributed by atoms with Gasteiger partial charge in [0.1, 0.15) is 12.2 Å². The number of urea groups is 1. The van der Waals surface area contributed by atoms with E-state index in [1.807, 2.05) is 37.3 Å². The Bertz CT molecular complexity index is 1100. The molecular weight excluding hydrogens is 434 g/mol. The van der Waals surface area contributed by atoms with Crippen LogP contribution in [0.25, 0.3) is 11.4 Å². The van der Waals surface area contributed by atoms with Crippen LogP contribution in [-0.2, 0) is 22.5 Å². The quantitative estimate of drug-likeness (QED) is 0.697. The molecule has 1 saturated heterocycles. The van der Waals surface area contributed by atoms with Crippen molar-refractivity contribution in [1.82, 2.24) is 20.2 Å². The van der Waals surface area contributed by atoms with Crippen molar-refractivity contribution >= 4 is 23.4 Å². The molecule has 1 aromatic heterocycles. The monoisotopic (exact) mass is 463 g/mol. The van der Waals surface area contributed by atoms with Gasteiger partial charge in [-0.15, -0.1) is 0 Å². The molecule has 0 aliphatic carbocycles. The summed E-state index contributed by atoms with van der Waals surface area (Å²) in [6.45, 7) is 7.40. The van der Waals surface area contributed by atoms with Gasteiger partial charge in [-0.1, -0.05) is 0 Å². The molecule has 0 radical (unpaired) electrons. The number of carbonyl (C=O) groups excluding carboxylic acids is 2. The van der Waals surface area contributed by atoms with E-state index in [1.165, 1.54) is 0 Å². The maximum Gasteiger partial charge on any atom is 0.319 e. The summed E-state index contributed by atoms with van der Waals surface area (Å²) in [6.07, 6.45) is 0.502. The summed E-state index contributed by atoms with van der Waals surface area (Å²) in [6, 6.07) is 9.22. The Labute approximate surface area is 198 Å². The molecule has 178 valence electrons. The Morgan fingerprint density at radius 2 is 2.03 bits per heavy atom. The number of nitriles is 1. The van der Waals surface area contributed by atoms with E-state index in [2.05, 4.69) is 22.5 Å². The third-order valence-corrected chi connectivity index (χ3v) is 6.00. The third kappa shape index (κ3) is 5.10. The van der Waals surface area contributed by atoms with Gasteiger partial charge in [0.15, 0.2) is 5.82 Å². The molecular formula is C24H29N7O3. The number of hydrogen-bond acceptors (Lipinski definition) is 7. The summed E-state index contributed by atoms with van der Waals surface area (Å²) in [5.41, 5.74) is 3.34. The lowest BCUT2D eigenvalue weighted by molar-refractivity contribution is -0.131. The van der Waals surface area contributed by atoms with Crippen LogP contribution in [0.15, 0.2) is 24.3 Å². The second-order valence-electron chi connectivity index (χ2n) is 8.38. The molecule has 2 aliphatic heterocycles. The topological polar surface area (TPSA) is 123 Å². The average Bonchev–Trinajstić information content (AvgIpc) is 2.84. The minimum atomic E-state index is -0.258. The number of amides is 3. The van der Waals surface area contributed by atoms with Gasteiger partial charge < -0.3 is 25.2 Å². The molecule has 0 unspecified atom stereocenters. The molecule has 2 N–H and O–H groups in total. The molecule has 10 nitrogen and oxygen atoms in total. The number of aromatic nitrogens is 2. The van der Waals surface area contributed by atoms with E-state index >= 15 is 0 Å². The minimum absolute atomic E-state index is 0.138. The number of anilines is 2. The first kappa shape index (κ1) is 23.4. The van der Waals surface area contributed by atoms with Crippen LogP contribution in [-0.4, -0.2) is 65.7 Å². The number of fused-ring (bicyclic) bond motifs is 1. The zero-order chi connectivity index (χ0) is 24.1. The van der Waals surface area contributed by atoms with Crippen LogP contribution in [0.2, 0.25) is 0 Å². The number of rotatable bonds is 5. The fourth-order valence-corrected chi connectivity index (χ4v) is 4.25. The molecule has 2 aliphatic rings. The maximum atomic E-state index is 12.4. The molecule has 0 saturated carbocycles. The molecule has 3 heterocycles. The molecule has 1 aromatic carbocycles. The van der Waals surface area contributed by atoms with Crippen molar-refractivity contribution in [3.63, 3.8) is 0 Å². The van der Waals surface area contributed by atoms with Gasteiger partial charge in [0.25, 0.3) is 0 Å². The molecule has 1 fully saturated rings. The van der Waals surface area contributed by atoms with Crippen molar-refractivity contribution in [3.05, 3.63) is 35.5 Å². The van der Waals surface area contributed by atoms with Crippen molar-refractivity contribution in [2.24, 2.45) is 0 Å². The molecule has 34 heavy (non-hydrogen) atoms. The van der Waals surface area contributed by atoms with Crippen LogP contribution >= 0.6 is 0 Å². The summed E-state index contributed by atoms with van der Waals surface area (Å²) in [7, 11) is 0. The molecule has 10 heteroatoms. The zero-order valence-electron chi connectivity index (χ0n) is 19.5. The largest absolute Gasteiger partial charge is 0.377 e. The summed E-state index contributed by atoms with van der Waals surface area (Å²) < 4.78 is 5.62. The lowest BCUT2D eigenvalue weighted by Gasteiger charge is -2.37. The normalized spacial score (nSPS) is 17.5. The highest BCUT2D eigenvalue weighted by atomic mass is 16.5. The highest BCUT2D eigenvalue weighted by molar-refractivity contribution is 5.89. The van der Waals surface area contributed by atoms with Gasteiger partial charge in [0.05, 0.1) is 37.6 Å². The van der Waals surface area contributed by atoms with E-state index in [0.717, 1.165) is 29.2 Å². The Morgan fingerprint density at radius 1 is 1.24 bits per heavy atom. The highest BCUT2D eigenvalue weighted by Crippen LogP contribution is 2.31. The minimum Gasteiger partial charge on any atom is -0.377 e. The van der Waals surface area contributed by atoms with Crippen LogP contribution in [0.5, 0.6) is 0 Å². The first-order valence-corrected chi connectivity index (χ1v) is 11.5. The Hall–Kier alpha value is -3.71. The molecule has 0 bridgehead atoms. The van der Waals surface area contributed by atoms with E-state index in [-0.39, 0.29) is 24.4 Å². The van der Waals surface area contributed by atoms with E-state index in [1.54, 1.807) is 4.90 Å². The van der Waals surface area contributed by atoms with E-state index in [9.17, 15) is 9.59 Å². The van der Waals surface area contributed by atoms with Crippen molar-refractivity contribution in [3.8, 4) is 17.5 Å². The van der Waals surface area contributed by atoms with Crippen molar-refractivity contribution in [2.45, 2.75) is 39.3 Å². The second-order valence-corrected chi connectivity index (χ2v) is 8.38. The van der Waals surface area contributed by atoms with Crippen molar-refractivity contribution in [2.75, 3.05) is 43.1 Å². The lowest BCUT2D eigenvalue weighted by Crippen LogP contribution is -2.45. The van der Waals surface area contributed by atoms with Crippen LogP contribution in [0.4, 0.5) is 16.3 Å². The predicted molar refractivity (Wildman–Crippen MR) is 127 cm³/mol. The number of benzene rings is 1. The zero-order valence-corrected chi connectivity index (χ0v) is 19.5. The summed E-state index contributed by atoms with van der Waals surface area (Å²) in [5, 5.41) is 14.4. The molecule has 1 atom stereocenters. The number of ether oxygens (including phenoxy) is 1. The van der Waals surface area contributed by atoms with E-state index < -0.39 is 0 Å². The standard InChI is InChI=1S/C24H29N7O3/c1-3-26-24(33)27-18-6-4-17(5-7-18)22-28-20-14-30(21(32)8-10-25)11-9-19(20)23(29-22)31-12-13-34-15-16(31)2/h4-7,16H,3,8-9,11-15H2,1-2H3,(H2,26,27,33)/t16-/m0/s1. The van der Waals surface area contributed by atoms with Gasteiger partial charge in [-0.2, -0.15) is 5.26 Å². The van der Waals surface area contributed by atoms with Crippen molar-refractivity contribution < 1.29 is 14.3 Å². The third-order valence-electron chi connectivity index (χ3n) is 6.00. The summed E-state index contributed by atoms with van der Waals surface area (Å²) in [5.74, 6) is 1.26. The number of carbonyl (C=O) groups is 2. The SMILES string of the molecule is CCNC(=O)Nc1ccc(-c2nc3c(c(N4CCOC[C@@H]4C)n2)CCN(C(=O)CC#N)C3)cc1. The van der Waals surface area contributed by atoms with Crippen LogP contribution in [0, 0.1) is 11.3 Å². The number of morpholine rings is 1. The maximum absolute atomic E-state index is 12.4. The highest BCUT2D eigenvalue weighted by Gasteiger charge is 2.30. The fourth-order valence-electron chi connectivity index (χ4n) is 4.25. The van der Waals surface area contributed by atoms with Crippen LogP contribution < -0.4 is 15.5 Å². The summed E-state index contributed by atoms with van der Waals surface area (Å²) in [4.78, 5) is 37.9. The van der Waals surface area contributed by atoms with Gasteiger partial charge >= 0.3 is 6.03 Å². The first-order valence-electron chi connectivity index (χ1n) is 11.5. The van der Waals surface area contributed by atoms with Crippen LogP contribution in [0.1, 0.15) is 31.5 Å². The Balaban J connectivity index is 1.68.